The highest BCUT2D eigenvalue weighted by atomic mass is 16.4. The number of ketones is 1. The van der Waals surface area contributed by atoms with Crippen LogP contribution in [0.4, 0.5) is 0 Å². The molecule has 0 aromatic heterocycles. The lowest BCUT2D eigenvalue weighted by Gasteiger charge is -2.66. The Morgan fingerprint density at radius 2 is 1.65 bits per heavy atom. The average molecular weight is 372 g/mol. The molecular weight excluding hydrogens is 340 g/mol. The molecule has 0 aromatic carbocycles. The first-order valence-corrected chi connectivity index (χ1v) is 9.55. The molecule has 6 atom stereocenters. The number of nitrogens with zero attached hydrogens (tertiary/aromatic N) is 2. The summed E-state index contributed by atoms with van der Waals surface area (Å²) in [6.07, 6.45) is -3.76. The predicted octanol–water partition coefficient (Wildman–Crippen LogP) is -1.85. The van der Waals surface area contributed by atoms with Gasteiger partial charge in [-0.2, -0.15) is 0 Å². The van der Waals surface area contributed by atoms with Crippen LogP contribution in [0.15, 0.2) is 0 Å². The standard InChI is InChI=1S/C18H32N2O6/c1-3-4-5-18-9-19-7-17(2,16(18)26)8-20(10-18)15(19)14(25)13(24)12(23)11(22)6-21/h11-15,21-25H,3-10H2,1-2H3/t11-,12-,13-,14-,15?,17?,18?/m0/s1. The molecule has 4 rings (SSSR count). The van der Waals surface area contributed by atoms with Gasteiger partial charge in [0.1, 0.15) is 30.2 Å². The lowest BCUT2D eigenvalue weighted by molar-refractivity contribution is -0.231. The summed E-state index contributed by atoms with van der Waals surface area (Å²) in [5, 5.41) is 49.5. The van der Waals surface area contributed by atoms with E-state index in [0.29, 0.717) is 32.0 Å². The summed E-state index contributed by atoms with van der Waals surface area (Å²) in [6, 6.07) is 0. The molecule has 4 aliphatic rings. The van der Waals surface area contributed by atoms with E-state index in [1.807, 2.05) is 16.7 Å². The molecule has 8 nitrogen and oxygen atoms in total. The van der Waals surface area contributed by atoms with Crippen LogP contribution in [0.3, 0.4) is 0 Å². The highest BCUT2D eigenvalue weighted by molar-refractivity contribution is 5.93. The molecule has 5 N–H and O–H groups in total. The van der Waals surface area contributed by atoms with Crippen LogP contribution in [0.2, 0.25) is 0 Å². The smallest absolute Gasteiger partial charge is 0.150 e. The second kappa shape index (κ2) is 7.09. The highest BCUT2D eigenvalue weighted by Gasteiger charge is 2.64. The molecule has 4 saturated heterocycles. The zero-order chi connectivity index (χ0) is 19.3. The summed E-state index contributed by atoms with van der Waals surface area (Å²) in [6.45, 7) is 5.50. The molecule has 2 unspecified atom stereocenters. The molecule has 26 heavy (non-hydrogen) atoms. The number of unbranched alkanes of at least 4 members (excludes halogenated alkanes) is 1. The van der Waals surface area contributed by atoms with Crippen molar-refractivity contribution in [3.63, 3.8) is 0 Å². The number of rotatable bonds is 8. The first kappa shape index (κ1) is 20.1. The third-order valence-electron chi connectivity index (χ3n) is 6.49. The van der Waals surface area contributed by atoms with Crippen molar-refractivity contribution in [3.8, 4) is 0 Å². The van der Waals surface area contributed by atoms with Gasteiger partial charge in [-0.05, 0) is 6.42 Å². The summed E-state index contributed by atoms with van der Waals surface area (Å²) in [5.41, 5.74) is -0.902. The van der Waals surface area contributed by atoms with Crippen LogP contribution in [-0.4, -0.2) is 104 Å². The molecular formula is C18H32N2O6. The minimum atomic E-state index is -1.64. The molecule has 150 valence electrons. The fourth-order valence-corrected chi connectivity index (χ4v) is 5.35. The average Bonchev–Trinajstić information content (AvgIpc) is 2.61. The maximum absolute atomic E-state index is 13.1. The van der Waals surface area contributed by atoms with Crippen molar-refractivity contribution in [2.45, 2.75) is 63.7 Å². The highest BCUT2D eigenvalue weighted by Crippen LogP contribution is 2.51. The van der Waals surface area contributed by atoms with Gasteiger partial charge in [0.25, 0.3) is 0 Å². The second-order valence-electron chi connectivity index (χ2n) is 8.72. The van der Waals surface area contributed by atoms with Crippen LogP contribution >= 0.6 is 0 Å². The summed E-state index contributed by atoms with van der Waals surface area (Å²) in [4.78, 5) is 17.2. The van der Waals surface area contributed by atoms with Crippen molar-refractivity contribution in [3.05, 3.63) is 0 Å². The van der Waals surface area contributed by atoms with Crippen molar-refractivity contribution in [1.82, 2.24) is 9.80 Å². The molecule has 0 saturated carbocycles. The molecule has 0 aliphatic carbocycles. The number of carbonyl (C=O) groups is 1. The number of aliphatic hydroxyl groups excluding tert-OH is 5. The van der Waals surface area contributed by atoms with E-state index in [2.05, 4.69) is 6.92 Å². The summed E-state index contributed by atoms with van der Waals surface area (Å²) in [5.74, 6) is 0.315. The normalized spacial score (nSPS) is 43.3. The van der Waals surface area contributed by atoms with Gasteiger partial charge in [0.05, 0.1) is 23.6 Å². The second-order valence-corrected chi connectivity index (χ2v) is 8.72. The molecule has 4 aliphatic heterocycles. The van der Waals surface area contributed by atoms with Gasteiger partial charge in [-0.1, -0.05) is 26.7 Å². The van der Waals surface area contributed by atoms with Crippen molar-refractivity contribution in [2.75, 3.05) is 32.8 Å². The Hall–Kier alpha value is -0.610. The van der Waals surface area contributed by atoms with Gasteiger partial charge < -0.3 is 25.5 Å². The predicted molar refractivity (Wildman–Crippen MR) is 93.1 cm³/mol. The molecule has 4 heterocycles. The zero-order valence-electron chi connectivity index (χ0n) is 15.6. The Labute approximate surface area is 154 Å². The number of piperidine rings is 2. The summed E-state index contributed by atoms with van der Waals surface area (Å²) < 4.78 is 0. The quantitative estimate of drug-likeness (QED) is 0.336. The van der Waals surface area contributed by atoms with E-state index in [4.69, 9.17) is 5.11 Å². The zero-order valence-corrected chi connectivity index (χ0v) is 15.6. The van der Waals surface area contributed by atoms with Gasteiger partial charge in [-0.25, -0.2) is 0 Å². The van der Waals surface area contributed by atoms with Gasteiger partial charge in [0.2, 0.25) is 0 Å². The van der Waals surface area contributed by atoms with Crippen molar-refractivity contribution in [1.29, 1.82) is 0 Å². The Bertz CT molecular complexity index is 528. The maximum Gasteiger partial charge on any atom is 0.150 e. The monoisotopic (exact) mass is 372 g/mol. The van der Waals surface area contributed by atoms with Crippen LogP contribution in [0.1, 0.15) is 33.1 Å². The van der Waals surface area contributed by atoms with E-state index in [1.165, 1.54) is 0 Å². The van der Waals surface area contributed by atoms with Crippen LogP contribution in [0.5, 0.6) is 0 Å². The third-order valence-corrected chi connectivity index (χ3v) is 6.49. The van der Waals surface area contributed by atoms with E-state index in [-0.39, 0.29) is 0 Å². The molecule has 4 fully saturated rings. The van der Waals surface area contributed by atoms with Crippen LogP contribution in [0.25, 0.3) is 0 Å². The number of carbonyl (C=O) groups excluding carboxylic acids is 1. The lowest BCUT2D eigenvalue weighted by Crippen LogP contribution is -2.81. The van der Waals surface area contributed by atoms with Crippen LogP contribution in [0, 0.1) is 10.8 Å². The topological polar surface area (TPSA) is 125 Å². The first-order valence-electron chi connectivity index (χ1n) is 9.55. The van der Waals surface area contributed by atoms with Crippen molar-refractivity contribution in [2.24, 2.45) is 10.8 Å². The number of Topliss-reactive ketones (excluding diaryl/α,β-unsaturated/α-hetero) is 1. The molecule has 8 heteroatoms. The van der Waals surface area contributed by atoms with E-state index < -0.39 is 48.0 Å². The summed E-state index contributed by atoms with van der Waals surface area (Å²) >= 11 is 0. The Morgan fingerprint density at radius 1 is 1.08 bits per heavy atom. The SMILES string of the molecule is CCCCC12CN3CC(C)(CN(C1)C3[C@@H](O)[C@@H](O)[C@@H](O)[C@@H](O)CO)C2=O. The van der Waals surface area contributed by atoms with E-state index in [0.717, 1.165) is 19.3 Å². The van der Waals surface area contributed by atoms with Crippen LogP contribution < -0.4 is 0 Å². The molecule has 0 amide bonds. The first-order chi connectivity index (χ1) is 12.2. The maximum atomic E-state index is 13.1. The lowest BCUT2D eigenvalue weighted by atomic mass is 9.59. The van der Waals surface area contributed by atoms with Crippen molar-refractivity contribution >= 4 is 5.78 Å². The van der Waals surface area contributed by atoms with Gasteiger partial charge >= 0.3 is 0 Å². The molecule has 0 radical (unpaired) electrons. The van der Waals surface area contributed by atoms with Gasteiger partial charge in [-0.15, -0.1) is 0 Å². The van der Waals surface area contributed by atoms with Gasteiger partial charge in [0, 0.05) is 26.2 Å². The molecule has 0 aromatic rings. The number of hydrogen-bond donors (Lipinski definition) is 5. The molecule has 4 bridgehead atoms. The Morgan fingerprint density at radius 3 is 2.15 bits per heavy atom. The minimum absolute atomic E-state index is 0.315. The fourth-order valence-electron chi connectivity index (χ4n) is 5.35. The number of hydrogen-bond acceptors (Lipinski definition) is 8. The fraction of sp³-hybridized carbons (Fsp3) is 0.944. The Balaban J connectivity index is 1.81. The van der Waals surface area contributed by atoms with E-state index in [1.54, 1.807) is 0 Å². The van der Waals surface area contributed by atoms with Crippen molar-refractivity contribution < 1.29 is 30.3 Å². The van der Waals surface area contributed by atoms with Crippen LogP contribution in [-0.2, 0) is 4.79 Å². The van der Waals surface area contributed by atoms with Gasteiger partial charge in [-0.3, -0.25) is 14.6 Å². The largest absolute Gasteiger partial charge is 0.394 e. The third kappa shape index (κ3) is 3.01. The minimum Gasteiger partial charge on any atom is -0.394 e. The summed E-state index contributed by atoms with van der Waals surface area (Å²) in [7, 11) is 0. The Kier molecular flexibility index (Phi) is 5.49. The number of aliphatic hydroxyl groups is 5. The van der Waals surface area contributed by atoms with Gasteiger partial charge in [0.15, 0.2) is 0 Å². The van der Waals surface area contributed by atoms with E-state index >= 15 is 0 Å². The van der Waals surface area contributed by atoms with E-state index in [9.17, 15) is 25.2 Å². The molecule has 0 spiro atoms.